The van der Waals surface area contributed by atoms with Crippen molar-refractivity contribution in [3.05, 3.63) is 17.8 Å². The van der Waals surface area contributed by atoms with Crippen molar-refractivity contribution in [3.63, 3.8) is 0 Å². The van der Waals surface area contributed by atoms with Crippen LogP contribution in [-0.2, 0) is 0 Å². The first-order chi connectivity index (χ1) is 7.61. The molecule has 1 heterocycles. The van der Waals surface area contributed by atoms with Gasteiger partial charge in [-0.05, 0) is 25.8 Å². The SMILES string of the molecule is CC1(Nc2nnccc2C(N)=S)CCCC1. The number of thiocarbonyl (C=S) groups is 1. The molecule has 16 heavy (non-hydrogen) atoms. The molecular weight excluding hydrogens is 220 g/mol. The zero-order valence-corrected chi connectivity index (χ0v) is 10.2. The molecule has 1 aliphatic rings. The summed E-state index contributed by atoms with van der Waals surface area (Å²) in [5.41, 5.74) is 6.54. The molecule has 1 saturated carbocycles. The van der Waals surface area contributed by atoms with Gasteiger partial charge in [-0.3, -0.25) is 0 Å². The molecule has 86 valence electrons. The Balaban J connectivity index is 2.23. The van der Waals surface area contributed by atoms with Crippen LogP contribution in [0.5, 0.6) is 0 Å². The van der Waals surface area contributed by atoms with Crippen LogP contribution in [0.1, 0.15) is 38.2 Å². The van der Waals surface area contributed by atoms with Gasteiger partial charge in [0.05, 0.1) is 11.8 Å². The molecule has 0 bridgehead atoms. The van der Waals surface area contributed by atoms with Crippen molar-refractivity contribution in [2.24, 2.45) is 5.73 Å². The van der Waals surface area contributed by atoms with Crippen molar-refractivity contribution in [1.29, 1.82) is 0 Å². The van der Waals surface area contributed by atoms with Gasteiger partial charge in [0.25, 0.3) is 0 Å². The summed E-state index contributed by atoms with van der Waals surface area (Å²) in [5, 5.41) is 11.4. The summed E-state index contributed by atoms with van der Waals surface area (Å²) in [6, 6.07) is 1.80. The Kier molecular flexibility index (Phi) is 3.05. The first-order valence-electron chi connectivity index (χ1n) is 5.50. The number of nitrogens with two attached hydrogens (primary N) is 1. The summed E-state index contributed by atoms with van der Waals surface area (Å²) < 4.78 is 0. The Bertz CT molecular complexity index is 399. The van der Waals surface area contributed by atoms with Gasteiger partial charge in [0.15, 0.2) is 5.82 Å². The van der Waals surface area contributed by atoms with E-state index in [0.29, 0.717) is 10.8 Å². The van der Waals surface area contributed by atoms with Crippen molar-refractivity contribution in [2.75, 3.05) is 5.32 Å². The molecule has 1 fully saturated rings. The van der Waals surface area contributed by atoms with Crippen LogP contribution in [0.3, 0.4) is 0 Å². The molecule has 0 radical (unpaired) electrons. The summed E-state index contributed by atoms with van der Waals surface area (Å²) in [6.45, 7) is 2.21. The fraction of sp³-hybridized carbons (Fsp3) is 0.545. The van der Waals surface area contributed by atoms with E-state index < -0.39 is 0 Å². The fourth-order valence-electron chi connectivity index (χ4n) is 2.19. The second-order valence-electron chi connectivity index (χ2n) is 4.55. The van der Waals surface area contributed by atoms with Gasteiger partial charge in [0, 0.05) is 5.54 Å². The molecule has 3 N–H and O–H groups in total. The Hall–Kier alpha value is -1.23. The van der Waals surface area contributed by atoms with Crippen molar-refractivity contribution >= 4 is 23.0 Å². The lowest BCUT2D eigenvalue weighted by Crippen LogP contribution is -2.32. The average Bonchev–Trinajstić information content (AvgIpc) is 2.65. The number of rotatable bonds is 3. The molecule has 2 rings (SSSR count). The van der Waals surface area contributed by atoms with Gasteiger partial charge in [-0.15, -0.1) is 5.10 Å². The summed E-state index contributed by atoms with van der Waals surface area (Å²) >= 11 is 5.00. The van der Waals surface area contributed by atoms with Gasteiger partial charge in [0.2, 0.25) is 0 Å². The van der Waals surface area contributed by atoms with Crippen LogP contribution in [-0.4, -0.2) is 20.7 Å². The van der Waals surface area contributed by atoms with E-state index in [1.807, 2.05) is 0 Å². The third kappa shape index (κ3) is 2.29. The zero-order valence-electron chi connectivity index (χ0n) is 9.36. The maximum absolute atomic E-state index is 5.66. The number of anilines is 1. The summed E-state index contributed by atoms with van der Waals surface area (Å²) in [4.78, 5) is 0.360. The molecule has 0 spiro atoms. The number of hydrogen-bond donors (Lipinski definition) is 2. The minimum Gasteiger partial charge on any atom is -0.389 e. The summed E-state index contributed by atoms with van der Waals surface area (Å²) in [7, 11) is 0. The minimum absolute atomic E-state index is 0.107. The predicted molar refractivity (Wildman–Crippen MR) is 68.4 cm³/mol. The maximum atomic E-state index is 5.66. The van der Waals surface area contributed by atoms with E-state index in [4.69, 9.17) is 18.0 Å². The zero-order chi connectivity index (χ0) is 11.6. The second-order valence-corrected chi connectivity index (χ2v) is 4.99. The number of nitrogens with one attached hydrogen (secondary N) is 1. The Morgan fingerprint density at radius 3 is 2.81 bits per heavy atom. The molecule has 5 heteroatoms. The molecule has 0 atom stereocenters. The largest absolute Gasteiger partial charge is 0.389 e. The topological polar surface area (TPSA) is 63.8 Å². The van der Waals surface area contributed by atoms with Crippen molar-refractivity contribution < 1.29 is 0 Å². The maximum Gasteiger partial charge on any atom is 0.159 e. The molecule has 0 aliphatic heterocycles. The van der Waals surface area contributed by atoms with Gasteiger partial charge in [0.1, 0.15) is 4.99 Å². The highest BCUT2D eigenvalue weighted by atomic mass is 32.1. The van der Waals surface area contributed by atoms with Crippen LogP contribution in [0.25, 0.3) is 0 Å². The van der Waals surface area contributed by atoms with Gasteiger partial charge < -0.3 is 11.1 Å². The number of nitrogens with zero attached hydrogens (tertiary/aromatic N) is 2. The number of aromatic nitrogens is 2. The lowest BCUT2D eigenvalue weighted by molar-refractivity contribution is 0.529. The monoisotopic (exact) mass is 236 g/mol. The Labute approximate surface area is 101 Å². The molecular formula is C11H16N4S. The predicted octanol–water partition coefficient (Wildman–Crippen LogP) is 1.86. The lowest BCUT2D eigenvalue weighted by atomic mass is 10.0. The molecule has 1 aromatic rings. The average molecular weight is 236 g/mol. The van der Waals surface area contributed by atoms with E-state index in [1.165, 1.54) is 12.8 Å². The van der Waals surface area contributed by atoms with Crippen LogP contribution < -0.4 is 11.1 Å². The van der Waals surface area contributed by atoms with Crippen LogP contribution in [0.15, 0.2) is 12.3 Å². The van der Waals surface area contributed by atoms with Crippen LogP contribution in [0.4, 0.5) is 5.82 Å². The van der Waals surface area contributed by atoms with Crippen molar-refractivity contribution in [2.45, 2.75) is 38.1 Å². The molecule has 0 unspecified atom stereocenters. The van der Waals surface area contributed by atoms with Gasteiger partial charge in [-0.25, -0.2) is 0 Å². The van der Waals surface area contributed by atoms with E-state index >= 15 is 0 Å². The summed E-state index contributed by atoms with van der Waals surface area (Å²) in [6.07, 6.45) is 6.43. The molecule has 0 amide bonds. The second kappa shape index (κ2) is 4.33. The van der Waals surface area contributed by atoms with Crippen LogP contribution in [0, 0.1) is 0 Å². The molecule has 4 nitrogen and oxygen atoms in total. The quantitative estimate of drug-likeness (QED) is 0.784. The Morgan fingerprint density at radius 1 is 1.50 bits per heavy atom. The van der Waals surface area contributed by atoms with Gasteiger partial charge >= 0.3 is 0 Å². The third-order valence-corrected chi connectivity index (χ3v) is 3.33. The highest BCUT2D eigenvalue weighted by Gasteiger charge is 2.29. The van der Waals surface area contributed by atoms with Gasteiger partial charge in [-0.2, -0.15) is 5.10 Å². The van der Waals surface area contributed by atoms with E-state index in [0.717, 1.165) is 18.4 Å². The van der Waals surface area contributed by atoms with Crippen LogP contribution in [0.2, 0.25) is 0 Å². The Morgan fingerprint density at radius 2 is 2.19 bits per heavy atom. The van der Waals surface area contributed by atoms with E-state index in [9.17, 15) is 0 Å². The summed E-state index contributed by atoms with van der Waals surface area (Å²) in [5.74, 6) is 0.708. The molecule has 1 aliphatic carbocycles. The van der Waals surface area contributed by atoms with E-state index in [2.05, 4.69) is 22.4 Å². The first kappa shape index (κ1) is 11.3. The van der Waals surface area contributed by atoms with Gasteiger partial charge in [-0.1, -0.05) is 25.1 Å². The lowest BCUT2D eigenvalue weighted by Gasteiger charge is -2.26. The minimum atomic E-state index is 0.107. The highest BCUT2D eigenvalue weighted by molar-refractivity contribution is 7.80. The van der Waals surface area contributed by atoms with Crippen LogP contribution >= 0.6 is 12.2 Å². The normalized spacial score (nSPS) is 18.3. The molecule has 0 saturated heterocycles. The molecule has 0 aromatic carbocycles. The third-order valence-electron chi connectivity index (χ3n) is 3.11. The smallest absolute Gasteiger partial charge is 0.159 e. The van der Waals surface area contributed by atoms with E-state index in [-0.39, 0.29) is 5.54 Å². The standard InChI is InChI=1S/C11H16N4S/c1-11(5-2-3-6-11)14-10-8(9(12)16)4-7-13-15-10/h4,7H,2-3,5-6H2,1H3,(H2,12,16)(H,14,15). The first-order valence-corrected chi connectivity index (χ1v) is 5.91. The fourth-order valence-corrected chi connectivity index (χ4v) is 2.35. The van der Waals surface area contributed by atoms with Crippen molar-refractivity contribution in [1.82, 2.24) is 10.2 Å². The van der Waals surface area contributed by atoms with E-state index in [1.54, 1.807) is 12.3 Å². The van der Waals surface area contributed by atoms with Crippen molar-refractivity contribution in [3.8, 4) is 0 Å². The highest BCUT2D eigenvalue weighted by Crippen LogP contribution is 2.32. The number of hydrogen-bond acceptors (Lipinski definition) is 4. The molecule has 1 aromatic heterocycles.